The van der Waals surface area contributed by atoms with Gasteiger partial charge in [0.05, 0.1) is 25.6 Å². The Bertz CT molecular complexity index is 811. The molecule has 8 nitrogen and oxygen atoms in total. The number of benzene rings is 1. The first-order valence-corrected chi connectivity index (χ1v) is 10.0. The van der Waals surface area contributed by atoms with Crippen LogP contribution in [-0.2, 0) is 14.3 Å². The maximum absolute atomic E-state index is 12.7. The van der Waals surface area contributed by atoms with Crippen molar-refractivity contribution in [3.63, 3.8) is 0 Å². The van der Waals surface area contributed by atoms with E-state index in [1.54, 1.807) is 53.3 Å². The monoisotopic (exact) mass is 436 g/mol. The second-order valence-electron chi connectivity index (χ2n) is 6.80. The molecule has 0 saturated carbocycles. The number of ether oxygens (including phenoxy) is 3. The summed E-state index contributed by atoms with van der Waals surface area (Å²) < 4.78 is 21.7. The largest absolute Gasteiger partial charge is 0.484 e. The van der Waals surface area contributed by atoms with E-state index in [-0.39, 0.29) is 30.3 Å². The molecular formula is C21H25ClN2O6. The summed E-state index contributed by atoms with van der Waals surface area (Å²) >= 11 is 5.85. The van der Waals surface area contributed by atoms with Crippen molar-refractivity contribution in [2.24, 2.45) is 0 Å². The fourth-order valence-electron chi connectivity index (χ4n) is 3.10. The predicted octanol–water partition coefficient (Wildman–Crippen LogP) is 2.33. The first kappa shape index (κ1) is 22.1. The van der Waals surface area contributed by atoms with Gasteiger partial charge < -0.3 is 28.4 Å². The average Bonchev–Trinajstić information content (AvgIpc) is 3.30. The molecule has 30 heavy (non-hydrogen) atoms. The molecule has 1 aliphatic rings. The summed E-state index contributed by atoms with van der Waals surface area (Å²) in [7, 11) is 1.58. The van der Waals surface area contributed by atoms with Crippen molar-refractivity contribution < 1.29 is 28.2 Å². The smallest absolute Gasteiger partial charge is 0.289 e. The van der Waals surface area contributed by atoms with Gasteiger partial charge in [-0.05, 0) is 36.4 Å². The van der Waals surface area contributed by atoms with Gasteiger partial charge in [0.2, 0.25) is 0 Å². The second-order valence-corrected chi connectivity index (χ2v) is 7.23. The van der Waals surface area contributed by atoms with E-state index in [4.69, 9.17) is 30.2 Å². The number of hydrogen-bond acceptors (Lipinski definition) is 6. The third-order valence-electron chi connectivity index (χ3n) is 4.68. The molecule has 2 amide bonds. The quantitative estimate of drug-likeness (QED) is 0.600. The first-order valence-electron chi connectivity index (χ1n) is 9.66. The van der Waals surface area contributed by atoms with Crippen molar-refractivity contribution in [2.75, 3.05) is 53.1 Å². The van der Waals surface area contributed by atoms with Crippen LogP contribution in [0.3, 0.4) is 0 Å². The number of nitrogens with zero attached hydrogens (tertiary/aromatic N) is 2. The Morgan fingerprint density at radius 1 is 1.27 bits per heavy atom. The molecule has 2 heterocycles. The van der Waals surface area contributed by atoms with Crippen molar-refractivity contribution in [3.05, 3.63) is 53.4 Å². The Balaban J connectivity index is 1.54. The maximum atomic E-state index is 12.7. The topological polar surface area (TPSA) is 81.5 Å². The number of halogens is 1. The third-order valence-corrected chi connectivity index (χ3v) is 4.93. The van der Waals surface area contributed by atoms with Crippen molar-refractivity contribution in [1.82, 2.24) is 9.80 Å². The molecule has 0 aliphatic carbocycles. The Hall–Kier alpha value is -2.55. The van der Waals surface area contributed by atoms with Crippen LogP contribution in [0, 0.1) is 0 Å². The molecule has 0 radical (unpaired) electrons. The van der Waals surface area contributed by atoms with Crippen LogP contribution in [0.1, 0.15) is 10.6 Å². The van der Waals surface area contributed by atoms with E-state index < -0.39 is 0 Å². The van der Waals surface area contributed by atoms with Gasteiger partial charge in [-0.3, -0.25) is 9.59 Å². The molecule has 9 heteroatoms. The highest BCUT2D eigenvalue weighted by Crippen LogP contribution is 2.16. The molecule has 0 bridgehead atoms. The van der Waals surface area contributed by atoms with E-state index in [0.717, 1.165) is 0 Å². The molecular weight excluding hydrogens is 412 g/mol. The zero-order valence-corrected chi connectivity index (χ0v) is 17.5. The Kier molecular flexibility index (Phi) is 8.12. The van der Waals surface area contributed by atoms with E-state index in [1.165, 1.54) is 6.26 Å². The third kappa shape index (κ3) is 6.22. The van der Waals surface area contributed by atoms with Crippen LogP contribution in [0.15, 0.2) is 47.1 Å². The van der Waals surface area contributed by atoms with Gasteiger partial charge in [-0.15, -0.1) is 0 Å². The number of hydrogen-bond donors (Lipinski definition) is 0. The number of carbonyl (C=O) groups is 2. The number of rotatable bonds is 9. The van der Waals surface area contributed by atoms with E-state index in [9.17, 15) is 9.59 Å². The summed E-state index contributed by atoms with van der Waals surface area (Å²) in [6.45, 7) is 2.27. The molecule has 0 spiro atoms. The summed E-state index contributed by atoms with van der Waals surface area (Å²) in [6, 6.07) is 10.1. The fraction of sp³-hybridized carbons (Fsp3) is 0.429. The highest BCUT2D eigenvalue weighted by molar-refractivity contribution is 6.30. The number of amides is 2. The SMILES string of the molecule is COCCN(CC1CN(C(=O)COc2ccc(Cl)cc2)CCO1)C(=O)c1ccco1. The Labute approximate surface area is 180 Å². The van der Waals surface area contributed by atoms with Crippen LogP contribution >= 0.6 is 11.6 Å². The van der Waals surface area contributed by atoms with Crippen LogP contribution in [0.25, 0.3) is 0 Å². The number of morpholine rings is 1. The van der Waals surface area contributed by atoms with Gasteiger partial charge in [0.1, 0.15) is 5.75 Å². The van der Waals surface area contributed by atoms with Crippen LogP contribution in [0.4, 0.5) is 0 Å². The molecule has 1 aromatic carbocycles. The summed E-state index contributed by atoms with van der Waals surface area (Å²) in [6.07, 6.45) is 1.15. The van der Waals surface area contributed by atoms with E-state index in [2.05, 4.69) is 0 Å². The number of methoxy groups -OCH3 is 1. The second kappa shape index (κ2) is 11.0. The average molecular weight is 437 g/mol. The zero-order chi connectivity index (χ0) is 21.3. The van der Waals surface area contributed by atoms with E-state index in [1.807, 2.05) is 0 Å². The van der Waals surface area contributed by atoms with Gasteiger partial charge >= 0.3 is 0 Å². The highest BCUT2D eigenvalue weighted by atomic mass is 35.5. The predicted molar refractivity (Wildman–Crippen MR) is 110 cm³/mol. The molecule has 1 aromatic heterocycles. The molecule has 162 valence electrons. The van der Waals surface area contributed by atoms with Gasteiger partial charge in [0, 0.05) is 38.3 Å². The summed E-state index contributed by atoms with van der Waals surface area (Å²) in [5, 5.41) is 0.604. The van der Waals surface area contributed by atoms with Crippen LogP contribution < -0.4 is 4.74 Å². The molecule has 2 aromatic rings. The van der Waals surface area contributed by atoms with Crippen molar-refractivity contribution in [1.29, 1.82) is 0 Å². The molecule has 1 unspecified atom stereocenters. The lowest BCUT2D eigenvalue weighted by Crippen LogP contribution is -2.52. The van der Waals surface area contributed by atoms with Gasteiger partial charge in [-0.1, -0.05) is 11.6 Å². The van der Waals surface area contributed by atoms with Crippen molar-refractivity contribution >= 4 is 23.4 Å². The standard InChI is InChI=1S/C21H25ClN2O6/c1-27-11-8-24(21(26)19-3-2-10-29-19)14-18-13-23(9-12-28-18)20(25)15-30-17-6-4-16(22)5-7-17/h2-7,10,18H,8-9,11-15H2,1H3. The molecule has 3 rings (SSSR count). The van der Waals surface area contributed by atoms with Gasteiger partial charge in [0.25, 0.3) is 11.8 Å². The molecule has 0 N–H and O–H groups in total. The van der Waals surface area contributed by atoms with E-state index >= 15 is 0 Å². The zero-order valence-electron chi connectivity index (χ0n) is 16.8. The van der Waals surface area contributed by atoms with Crippen LogP contribution in [0.2, 0.25) is 5.02 Å². The lowest BCUT2D eigenvalue weighted by molar-refractivity contribution is -0.141. The van der Waals surface area contributed by atoms with Gasteiger partial charge in [-0.25, -0.2) is 0 Å². The highest BCUT2D eigenvalue weighted by Gasteiger charge is 2.28. The van der Waals surface area contributed by atoms with Crippen LogP contribution in [0.5, 0.6) is 5.75 Å². The fourth-order valence-corrected chi connectivity index (χ4v) is 3.23. The summed E-state index contributed by atoms with van der Waals surface area (Å²) in [5.74, 6) is 0.452. The number of furan rings is 1. The van der Waals surface area contributed by atoms with Crippen LogP contribution in [-0.4, -0.2) is 80.8 Å². The van der Waals surface area contributed by atoms with Gasteiger partial charge in [0.15, 0.2) is 12.4 Å². The number of carbonyl (C=O) groups excluding carboxylic acids is 2. The van der Waals surface area contributed by atoms with Crippen molar-refractivity contribution in [2.45, 2.75) is 6.10 Å². The minimum atomic E-state index is -0.311. The summed E-state index contributed by atoms with van der Waals surface area (Å²) in [5.41, 5.74) is 0. The lowest BCUT2D eigenvalue weighted by Gasteiger charge is -2.35. The molecule has 1 atom stereocenters. The normalized spacial score (nSPS) is 16.3. The lowest BCUT2D eigenvalue weighted by atomic mass is 10.2. The molecule has 1 fully saturated rings. The molecule has 1 aliphatic heterocycles. The minimum absolute atomic E-state index is 0.0763. The first-order chi connectivity index (χ1) is 14.6. The van der Waals surface area contributed by atoms with Gasteiger partial charge in [-0.2, -0.15) is 0 Å². The van der Waals surface area contributed by atoms with E-state index in [0.29, 0.717) is 50.2 Å². The minimum Gasteiger partial charge on any atom is -0.484 e. The Morgan fingerprint density at radius 2 is 2.07 bits per heavy atom. The maximum Gasteiger partial charge on any atom is 0.289 e. The van der Waals surface area contributed by atoms with Crippen molar-refractivity contribution in [3.8, 4) is 5.75 Å². The molecule has 1 saturated heterocycles. The summed E-state index contributed by atoms with van der Waals surface area (Å²) in [4.78, 5) is 28.6. The Morgan fingerprint density at radius 3 is 2.77 bits per heavy atom.